The fraction of sp³-hybridized carbons (Fsp3) is 0.588. The summed E-state index contributed by atoms with van der Waals surface area (Å²) in [5, 5.41) is 0. The van der Waals surface area contributed by atoms with E-state index in [9.17, 15) is 4.79 Å². The SMILES string of the molecule is COC(=O)[C@@H]1[C@H](c2ccccc2)C[C@H]2CCC[C@@H]1N2C. The fourth-order valence-electron chi connectivity index (χ4n) is 4.17. The van der Waals surface area contributed by atoms with Crippen molar-refractivity contribution in [2.75, 3.05) is 14.2 Å². The highest BCUT2D eigenvalue weighted by Crippen LogP contribution is 2.45. The Labute approximate surface area is 120 Å². The maximum absolute atomic E-state index is 12.3. The molecule has 108 valence electrons. The summed E-state index contributed by atoms with van der Waals surface area (Å²) in [6.07, 6.45) is 4.66. The van der Waals surface area contributed by atoms with E-state index in [-0.39, 0.29) is 11.9 Å². The molecule has 3 heteroatoms. The molecule has 1 aromatic carbocycles. The van der Waals surface area contributed by atoms with E-state index in [0.717, 1.165) is 12.8 Å². The standard InChI is InChI=1S/C17H23NO2/c1-18-13-9-6-10-15(18)16(17(19)20-2)14(11-13)12-7-4-3-5-8-12/h3-5,7-8,13-16H,6,9-11H2,1-2H3/t13-,14+,15+,16-/m1/s1. The zero-order chi connectivity index (χ0) is 14.1. The zero-order valence-electron chi connectivity index (χ0n) is 12.3. The molecule has 2 aliphatic heterocycles. The van der Waals surface area contributed by atoms with Crippen molar-refractivity contribution in [2.45, 2.75) is 43.7 Å². The van der Waals surface area contributed by atoms with Crippen molar-refractivity contribution in [2.24, 2.45) is 5.92 Å². The first-order chi connectivity index (χ1) is 9.72. The van der Waals surface area contributed by atoms with Gasteiger partial charge in [0.05, 0.1) is 13.0 Å². The van der Waals surface area contributed by atoms with E-state index >= 15 is 0 Å². The monoisotopic (exact) mass is 273 g/mol. The van der Waals surface area contributed by atoms with E-state index in [0.29, 0.717) is 18.0 Å². The zero-order valence-corrected chi connectivity index (χ0v) is 12.3. The van der Waals surface area contributed by atoms with E-state index in [4.69, 9.17) is 4.74 Å². The lowest BCUT2D eigenvalue weighted by molar-refractivity contribution is -0.153. The summed E-state index contributed by atoms with van der Waals surface area (Å²) in [4.78, 5) is 14.8. The quantitative estimate of drug-likeness (QED) is 0.776. The Hall–Kier alpha value is -1.35. The number of benzene rings is 1. The molecule has 0 N–H and O–H groups in total. The molecule has 2 bridgehead atoms. The number of hydrogen-bond donors (Lipinski definition) is 0. The molecule has 2 fully saturated rings. The van der Waals surface area contributed by atoms with Crippen LogP contribution in [0.15, 0.2) is 30.3 Å². The minimum atomic E-state index is -0.0453. The normalized spacial score (nSPS) is 33.7. The first-order valence-corrected chi connectivity index (χ1v) is 7.57. The predicted octanol–water partition coefficient (Wildman–Crippen LogP) is 2.82. The number of ether oxygens (including phenoxy) is 1. The topological polar surface area (TPSA) is 29.5 Å². The molecular formula is C17H23NO2. The van der Waals surface area contributed by atoms with E-state index in [1.807, 2.05) is 6.07 Å². The molecule has 0 spiro atoms. The van der Waals surface area contributed by atoms with Crippen molar-refractivity contribution in [3.63, 3.8) is 0 Å². The second-order valence-electron chi connectivity index (χ2n) is 6.12. The molecule has 2 saturated heterocycles. The van der Waals surface area contributed by atoms with Gasteiger partial charge in [-0.15, -0.1) is 0 Å². The summed E-state index contributed by atoms with van der Waals surface area (Å²) in [5.74, 6) is 0.232. The van der Waals surface area contributed by atoms with Gasteiger partial charge in [0.2, 0.25) is 0 Å². The van der Waals surface area contributed by atoms with Gasteiger partial charge in [-0.05, 0) is 31.9 Å². The number of rotatable bonds is 2. The van der Waals surface area contributed by atoms with Gasteiger partial charge in [0.25, 0.3) is 0 Å². The van der Waals surface area contributed by atoms with Gasteiger partial charge in [0.1, 0.15) is 0 Å². The van der Waals surface area contributed by atoms with Crippen LogP contribution < -0.4 is 0 Å². The van der Waals surface area contributed by atoms with Crippen LogP contribution in [0.2, 0.25) is 0 Å². The summed E-state index contributed by atoms with van der Waals surface area (Å²) in [7, 11) is 3.69. The molecule has 2 aliphatic rings. The van der Waals surface area contributed by atoms with Gasteiger partial charge in [-0.2, -0.15) is 0 Å². The van der Waals surface area contributed by atoms with Crippen LogP contribution in [-0.4, -0.2) is 37.1 Å². The smallest absolute Gasteiger partial charge is 0.310 e. The van der Waals surface area contributed by atoms with E-state index in [1.54, 1.807) is 0 Å². The Bertz CT molecular complexity index is 473. The Morgan fingerprint density at radius 3 is 2.70 bits per heavy atom. The highest BCUT2D eigenvalue weighted by Gasteiger charge is 2.47. The van der Waals surface area contributed by atoms with Crippen LogP contribution in [0.4, 0.5) is 0 Å². The Morgan fingerprint density at radius 1 is 1.25 bits per heavy atom. The minimum Gasteiger partial charge on any atom is -0.469 e. The van der Waals surface area contributed by atoms with Crippen LogP contribution >= 0.6 is 0 Å². The number of fused-ring (bicyclic) bond motifs is 2. The van der Waals surface area contributed by atoms with Crippen molar-refractivity contribution < 1.29 is 9.53 Å². The number of nitrogens with zero attached hydrogens (tertiary/aromatic N) is 1. The van der Waals surface area contributed by atoms with Gasteiger partial charge in [-0.25, -0.2) is 0 Å². The van der Waals surface area contributed by atoms with Crippen LogP contribution in [-0.2, 0) is 9.53 Å². The molecule has 0 saturated carbocycles. The Morgan fingerprint density at radius 2 is 2.00 bits per heavy atom. The number of methoxy groups -OCH3 is 1. The van der Waals surface area contributed by atoms with Gasteiger partial charge < -0.3 is 4.74 Å². The van der Waals surface area contributed by atoms with Crippen molar-refractivity contribution in [3.8, 4) is 0 Å². The second-order valence-corrected chi connectivity index (χ2v) is 6.12. The molecule has 0 amide bonds. The highest BCUT2D eigenvalue weighted by atomic mass is 16.5. The Balaban J connectivity index is 1.96. The number of piperidine rings is 2. The summed E-state index contributed by atoms with van der Waals surface area (Å²) in [6.45, 7) is 0. The van der Waals surface area contributed by atoms with Gasteiger partial charge in [-0.3, -0.25) is 9.69 Å². The fourth-order valence-corrected chi connectivity index (χ4v) is 4.17. The molecule has 0 aliphatic carbocycles. The third-order valence-electron chi connectivity index (χ3n) is 5.21. The first kappa shape index (κ1) is 13.6. The van der Waals surface area contributed by atoms with Gasteiger partial charge in [0.15, 0.2) is 0 Å². The van der Waals surface area contributed by atoms with Crippen molar-refractivity contribution in [1.29, 1.82) is 0 Å². The van der Waals surface area contributed by atoms with Crippen LogP contribution in [0.1, 0.15) is 37.2 Å². The summed E-state index contributed by atoms with van der Waals surface area (Å²) >= 11 is 0. The first-order valence-electron chi connectivity index (χ1n) is 7.57. The van der Waals surface area contributed by atoms with Crippen molar-refractivity contribution in [3.05, 3.63) is 35.9 Å². The maximum atomic E-state index is 12.3. The lowest BCUT2D eigenvalue weighted by Gasteiger charge is -2.50. The molecule has 0 unspecified atom stereocenters. The van der Waals surface area contributed by atoms with Crippen LogP contribution in [0.5, 0.6) is 0 Å². The summed E-state index contributed by atoms with van der Waals surface area (Å²) in [6, 6.07) is 11.4. The molecule has 3 rings (SSSR count). The number of carbonyl (C=O) groups is 1. The number of hydrogen-bond acceptors (Lipinski definition) is 3. The molecule has 3 nitrogen and oxygen atoms in total. The van der Waals surface area contributed by atoms with Crippen LogP contribution in [0, 0.1) is 5.92 Å². The van der Waals surface area contributed by atoms with Crippen LogP contribution in [0.3, 0.4) is 0 Å². The molecule has 2 heterocycles. The third kappa shape index (κ3) is 2.24. The molecule has 20 heavy (non-hydrogen) atoms. The van der Waals surface area contributed by atoms with E-state index in [2.05, 4.69) is 36.2 Å². The van der Waals surface area contributed by atoms with Gasteiger partial charge >= 0.3 is 5.97 Å². The lowest BCUT2D eigenvalue weighted by atomic mass is 9.69. The maximum Gasteiger partial charge on any atom is 0.310 e. The number of carbonyl (C=O) groups excluding carboxylic acids is 1. The van der Waals surface area contributed by atoms with Crippen molar-refractivity contribution >= 4 is 5.97 Å². The molecule has 1 aromatic rings. The number of esters is 1. The molecule has 4 atom stereocenters. The van der Waals surface area contributed by atoms with Crippen LogP contribution in [0.25, 0.3) is 0 Å². The predicted molar refractivity (Wildman–Crippen MR) is 78.5 cm³/mol. The Kier molecular flexibility index (Phi) is 3.79. The second kappa shape index (κ2) is 5.57. The van der Waals surface area contributed by atoms with Gasteiger partial charge in [-0.1, -0.05) is 36.8 Å². The van der Waals surface area contributed by atoms with E-state index in [1.165, 1.54) is 25.5 Å². The van der Waals surface area contributed by atoms with Gasteiger partial charge in [0, 0.05) is 18.0 Å². The highest BCUT2D eigenvalue weighted by molar-refractivity contribution is 5.75. The molecular weight excluding hydrogens is 250 g/mol. The summed E-state index contributed by atoms with van der Waals surface area (Å²) < 4.78 is 5.12. The third-order valence-corrected chi connectivity index (χ3v) is 5.21. The lowest BCUT2D eigenvalue weighted by Crippen LogP contribution is -2.56. The molecule has 0 aromatic heterocycles. The largest absolute Gasteiger partial charge is 0.469 e. The average Bonchev–Trinajstić information content (AvgIpc) is 2.47. The summed E-state index contributed by atoms with van der Waals surface area (Å²) in [5.41, 5.74) is 1.29. The molecule has 0 radical (unpaired) electrons. The van der Waals surface area contributed by atoms with E-state index < -0.39 is 0 Å². The average molecular weight is 273 g/mol. The minimum absolute atomic E-state index is 0.0241. The van der Waals surface area contributed by atoms with Crippen molar-refractivity contribution in [1.82, 2.24) is 4.90 Å².